The predicted octanol–water partition coefficient (Wildman–Crippen LogP) is 4.16. The molecule has 3 atom stereocenters. The molecule has 1 heterocycles. The van der Waals surface area contributed by atoms with Gasteiger partial charge in [-0.3, -0.25) is 9.59 Å². The highest BCUT2D eigenvalue weighted by Crippen LogP contribution is 2.43. The molecule has 2 aromatic rings. The van der Waals surface area contributed by atoms with Crippen LogP contribution in [0, 0.1) is 11.7 Å². The number of esters is 2. The molecule has 0 bridgehead atoms. The number of hydrogen-bond donors (Lipinski definition) is 1. The maximum Gasteiger partial charge on any atom is 0.328 e. The van der Waals surface area contributed by atoms with Crippen LogP contribution in [-0.2, 0) is 19.1 Å². The number of methoxy groups -OCH3 is 2. The minimum atomic E-state index is -1.03. The molecule has 1 N–H and O–H groups in total. The van der Waals surface area contributed by atoms with Gasteiger partial charge in [0, 0.05) is 36.7 Å². The fourth-order valence-corrected chi connectivity index (χ4v) is 4.91. The molecule has 0 unspecified atom stereocenters. The first kappa shape index (κ1) is 29.7. The van der Waals surface area contributed by atoms with E-state index in [1.165, 1.54) is 52.5 Å². The van der Waals surface area contributed by atoms with E-state index in [0.29, 0.717) is 5.75 Å². The largest absolute Gasteiger partial charge is 0.496 e. The number of halogens is 1. The quantitative estimate of drug-likeness (QED) is 0.309. The summed E-state index contributed by atoms with van der Waals surface area (Å²) in [5, 5.41) is 2.58. The Kier molecular flexibility index (Phi) is 10.5. The normalized spacial score (nSPS) is 15.5. The maximum absolute atomic E-state index is 13.9. The van der Waals surface area contributed by atoms with Gasteiger partial charge >= 0.3 is 11.9 Å². The average molecular weight is 547 g/mol. The first-order chi connectivity index (χ1) is 18.7. The van der Waals surface area contributed by atoms with Gasteiger partial charge in [-0.2, -0.15) is 0 Å². The number of nitrogens with one attached hydrogen (secondary N) is 1. The number of rotatable bonds is 12. The van der Waals surface area contributed by atoms with Gasteiger partial charge in [-0.05, 0) is 38.7 Å². The lowest BCUT2D eigenvalue weighted by Crippen LogP contribution is -2.42. The van der Waals surface area contributed by atoms with E-state index < -0.39 is 42.6 Å². The standard InChI is InChI=1S/C28H35FN2O8/c1-16(31-27(33)25-26(38-15-37-18(3)32)22(35-4)12-13-30-25)28(34)39-17(2)24(19-8-6-7-9-19)21-11-10-20(29)14-23(21)36-5/h10-14,16-17,19,24H,6-9,15H2,1-5H3,(H,31,33)/t16-,17-,24+/m0/s1. The van der Waals surface area contributed by atoms with E-state index in [-0.39, 0.29) is 29.0 Å². The zero-order chi connectivity index (χ0) is 28.5. The molecule has 212 valence electrons. The van der Waals surface area contributed by atoms with Crippen molar-refractivity contribution in [3.8, 4) is 17.2 Å². The third kappa shape index (κ3) is 7.58. The molecule has 1 aromatic heterocycles. The van der Waals surface area contributed by atoms with Crippen LogP contribution in [0.5, 0.6) is 17.2 Å². The SMILES string of the molecule is COc1cc(F)ccc1[C@@H](C1CCCC1)[C@H](C)OC(=O)[C@H](C)NC(=O)c1nccc(OC)c1OCOC(C)=O. The van der Waals surface area contributed by atoms with Crippen molar-refractivity contribution in [1.29, 1.82) is 0 Å². The summed E-state index contributed by atoms with van der Waals surface area (Å²) in [6.07, 6.45) is 4.81. The highest BCUT2D eigenvalue weighted by Gasteiger charge is 2.35. The summed E-state index contributed by atoms with van der Waals surface area (Å²) in [7, 11) is 2.86. The van der Waals surface area contributed by atoms with Crippen molar-refractivity contribution in [1.82, 2.24) is 10.3 Å². The molecule has 11 heteroatoms. The van der Waals surface area contributed by atoms with E-state index in [9.17, 15) is 18.8 Å². The Morgan fingerprint density at radius 2 is 1.77 bits per heavy atom. The van der Waals surface area contributed by atoms with Crippen molar-refractivity contribution in [3.05, 3.63) is 47.5 Å². The van der Waals surface area contributed by atoms with Crippen LogP contribution in [0.25, 0.3) is 0 Å². The number of amides is 1. The summed E-state index contributed by atoms with van der Waals surface area (Å²) >= 11 is 0. The topological polar surface area (TPSA) is 122 Å². The zero-order valence-corrected chi connectivity index (χ0v) is 22.8. The van der Waals surface area contributed by atoms with Crippen LogP contribution in [0.15, 0.2) is 30.5 Å². The monoisotopic (exact) mass is 546 g/mol. The number of carbonyl (C=O) groups is 3. The van der Waals surface area contributed by atoms with Gasteiger partial charge in [0.2, 0.25) is 6.79 Å². The Labute approximate surface area is 227 Å². The maximum atomic E-state index is 13.9. The molecule has 1 aliphatic carbocycles. The summed E-state index contributed by atoms with van der Waals surface area (Å²) in [5.74, 6) is -1.77. The first-order valence-corrected chi connectivity index (χ1v) is 12.8. The second kappa shape index (κ2) is 13.8. The van der Waals surface area contributed by atoms with Crippen LogP contribution in [0.3, 0.4) is 0 Å². The van der Waals surface area contributed by atoms with Crippen molar-refractivity contribution in [2.24, 2.45) is 5.92 Å². The number of benzene rings is 1. The number of aromatic nitrogens is 1. The van der Waals surface area contributed by atoms with Crippen LogP contribution in [0.1, 0.15) is 68.4 Å². The van der Waals surface area contributed by atoms with Gasteiger partial charge in [0.05, 0.1) is 14.2 Å². The van der Waals surface area contributed by atoms with Gasteiger partial charge in [-0.25, -0.2) is 14.2 Å². The Morgan fingerprint density at radius 3 is 2.41 bits per heavy atom. The van der Waals surface area contributed by atoms with E-state index >= 15 is 0 Å². The molecule has 0 saturated heterocycles. The van der Waals surface area contributed by atoms with Crippen molar-refractivity contribution in [3.63, 3.8) is 0 Å². The molecule has 1 saturated carbocycles. The lowest BCUT2D eigenvalue weighted by molar-refractivity contribution is -0.152. The highest BCUT2D eigenvalue weighted by molar-refractivity contribution is 5.98. The van der Waals surface area contributed by atoms with Gasteiger partial charge in [0.25, 0.3) is 5.91 Å². The third-order valence-electron chi connectivity index (χ3n) is 6.74. The number of ether oxygens (including phenoxy) is 5. The minimum Gasteiger partial charge on any atom is -0.496 e. The fourth-order valence-electron chi connectivity index (χ4n) is 4.91. The lowest BCUT2D eigenvalue weighted by Gasteiger charge is -2.31. The predicted molar refractivity (Wildman–Crippen MR) is 138 cm³/mol. The van der Waals surface area contributed by atoms with Gasteiger partial charge in [0.15, 0.2) is 17.2 Å². The molecule has 39 heavy (non-hydrogen) atoms. The number of hydrogen-bond acceptors (Lipinski definition) is 9. The molecule has 1 aromatic carbocycles. The second-order valence-electron chi connectivity index (χ2n) is 9.38. The smallest absolute Gasteiger partial charge is 0.328 e. The van der Waals surface area contributed by atoms with Crippen LogP contribution < -0.4 is 19.5 Å². The molecule has 3 rings (SSSR count). The molecule has 1 amide bonds. The van der Waals surface area contributed by atoms with Crippen LogP contribution in [0.4, 0.5) is 4.39 Å². The van der Waals surface area contributed by atoms with Crippen molar-refractivity contribution >= 4 is 17.8 Å². The molecule has 1 fully saturated rings. The van der Waals surface area contributed by atoms with Crippen LogP contribution in [0.2, 0.25) is 0 Å². The van der Waals surface area contributed by atoms with Crippen molar-refractivity contribution < 1.29 is 42.5 Å². The number of pyridine rings is 1. The van der Waals surface area contributed by atoms with Gasteiger partial charge in [-0.15, -0.1) is 0 Å². The van der Waals surface area contributed by atoms with E-state index in [4.69, 9.17) is 23.7 Å². The molecule has 0 radical (unpaired) electrons. The van der Waals surface area contributed by atoms with Gasteiger partial charge in [0.1, 0.15) is 23.7 Å². The number of carbonyl (C=O) groups excluding carboxylic acids is 3. The van der Waals surface area contributed by atoms with E-state index in [1.807, 2.05) is 0 Å². The van der Waals surface area contributed by atoms with Crippen LogP contribution in [-0.4, -0.2) is 56.0 Å². The molecule has 0 spiro atoms. The minimum absolute atomic E-state index is 0.0441. The summed E-state index contributed by atoms with van der Waals surface area (Å²) in [5.41, 5.74) is 0.618. The molecular formula is C28H35FN2O8. The van der Waals surface area contributed by atoms with Crippen molar-refractivity contribution in [2.45, 2.75) is 64.5 Å². The summed E-state index contributed by atoms with van der Waals surface area (Å²) < 4.78 is 40.6. The van der Waals surface area contributed by atoms with E-state index in [1.54, 1.807) is 13.0 Å². The Balaban J connectivity index is 1.74. The van der Waals surface area contributed by atoms with Crippen LogP contribution >= 0.6 is 0 Å². The Hall–Kier alpha value is -3.89. The molecule has 1 aliphatic rings. The van der Waals surface area contributed by atoms with Gasteiger partial charge in [-0.1, -0.05) is 18.9 Å². The summed E-state index contributed by atoms with van der Waals surface area (Å²) in [6, 6.07) is 4.83. The molecule has 10 nitrogen and oxygen atoms in total. The Bertz CT molecular complexity index is 1170. The third-order valence-corrected chi connectivity index (χ3v) is 6.74. The number of nitrogens with zero attached hydrogens (tertiary/aromatic N) is 1. The Morgan fingerprint density at radius 1 is 1.08 bits per heavy atom. The van der Waals surface area contributed by atoms with E-state index in [2.05, 4.69) is 10.3 Å². The fraction of sp³-hybridized carbons (Fsp3) is 0.500. The summed E-state index contributed by atoms with van der Waals surface area (Å²) in [6.45, 7) is 4.05. The average Bonchev–Trinajstić information content (AvgIpc) is 3.43. The first-order valence-electron chi connectivity index (χ1n) is 12.8. The lowest BCUT2D eigenvalue weighted by atomic mass is 9.80. The second-order valence-corrected chi connectivity index (χ2v) is 9.38. The zero-order valence-electron chi connectivity index (χ0n) is 22.8. The molecular weight excluding hydrogens is 511 g/mol. The highest BCUT2D eigenvalue weighted by atomic mass is 19.1. The van der Waals surface area contributed by atoms with Gasteiger partial charge < -0.3 is 29.0 Å². The van der Waals surface area contributed by atoms with E-state index in [0.717, 1.165) is 31.2 Å². The summed E-state index contributed by atoms with van der Waals surface area (Å²) in [4.78, 5) is 41.2. The van der Waals surface area contributed by atoms with Crippen molar-refractivity contribution in [2.75, 3.05) is 21.0 Å². The molecule has 0 aliphatic heterocycles.